The van der Waals surface area contributed by atoms with E-state index in [1.54, 1.807) is 12.0 Å². The molecule has 2 atom stereocenters. The van der Waals surface area contributed by atoms with Crippen LogP contribution < -0.4 is 5.32 Å². The fraction of sp³-hybridized carbons (Fsp3) is 0.857. The first kappa shape index (κ1) is 16.8. The summed E-state index contributed by atoms with van der Waals surface area (Å²) in [6.45, 7) is 5.33. The van der Waals surface area contributed by atoms with Gasteiger partial charge >= 0.3 is 12.0 Å². The third-order valence-corrected chi connectivity index (χ3v) is 3.99. The van der Waals surface area contributed by atoms with E-state index in [2.05, 4.69) is 5.32 Å². The molecule has 1 aliphatic carbocycles. The molecule has 2 amide bonds. The van der Waals surface area contributed by atoms with Crippen LogP contribution in [0.3, 0.4) is 0 Å². The SMILES string of the molecule is CCN(CCOC)C(=O)NC1(C(=O)O)CCCC(C)C1. The second-order valence-corrected chi connectivity index (χ2v) is 5.59. The minimum Gasteiger partial charge on any atom is -0.480 e. The number of ether oxygens (including phenoxy) is 1. The number of nitrogens with zero attached hydrogens (tertiary/aromatic N) is 1. The highest BCUT2D eigenvalue weighted by Gasteiger charge is 2.43. The number of amides is 2. The topological polar surface area (TPSA) is 78.9 Å². The summed E-state index contributed by atoms with van der Waals surface area (Å²) >= 11 is 0. The van der Waals surface area contributed by atoms with E-state index in [1.807, 2.05) is 13.8 Å². The van der Waals surface area contributed by atoms with E-state index in [0.717, 1.165) is 12.8 Å². The highest BCUT2D eigenvalue weighted by atomic mass is 16.5. The van der Waals surface area contributed by atoms with Gasteiger partial charge in [-0.15, -0.1) is 0 Å². The molecule has 6 heteroatoms. The fourth-order valence-electron chi connectivity index (χ4n) is 2.80. The van der Waals surface area contributed by atoms with E-state index in [4.69, 9.17) is 4.74 Å². The van der Waals surface area contributed by atoms with Crippen molar-refractivity contribution in [3.05, 3.63) is 0 Å². The van der Waals surface area contributed by atoms with Gasteiger partial charge < -0.3 is 20.1 Å². The first-order valence-electron chi connectivity index (χ1n) is 7.24. The Bertz CT molecular complexity index is 348. The number of aliphatic carboxylic acids is 1. The van der Waals surface area contributed by atoms with Gasteiger partial charge in [-0.05, 0) is 25.7 Å². The van der Waals surface area contributed by atoms with Crippen molar-refractivity contribution in [2.75, 3.05) is 26.8 Å². The average Bonchev–Trinajstić information content (AvgIpc) is 2.39. The number of likely N-dealkylation sites (N-methyl/N-ethyl adjacent to an activating group) is 1. The minimum atomic E-state index is -1.12. The Morgan fingerprint density at radius 1 is 1.50 bits per heavy atom. The number of carboxylic acid groups (broad SMARTS) is 1. The lowest BCUT2D eigenvalue weighted by atomic mass is 9.76. The largest absolute Gasteiger partial charge is 0.480 e. The summed E-state index contributed by atoms with van der Waals surface area (Å²) in [5, 5.41) is 12.3. The van der Waals surface area contributed by atoms with E-state index in [1.165, 1.54) is 0 Å². The molecule has 0 aliphatic heterocycles. The number of methoxy groups -OCH3 is 1. The van der Waals surface area contributed by atoms with E-state index >= 15 is 0 Å². The summed E-state index contributed by atoms with van der Waals surface area (Å²) in [6.07, 6.45) is 2.85. The summed E-state index contributed by atoms with van der Waals surface area (Å²) in [5.41, 5.74) is -1.12. The highest BCUT2D eigenvalue weighted by molar-refractivity contribution is 5.86. The molecule has 0 aromatic rings. The first-order valence-corrected chi connectivity index (χ1v) is 7.24. The quantitative estimate of drug-likeness (QED) is 0.779. The Hall–Kier alpha value is -1.30. The van der Waals surface area contributed by atoms with Crippen molar-refractivity contribution in [1.29, 1.82) is 0 Å². The standard InChI is InChI=1S/C14H26N2O4/c1-4-16(8-9-20-3)13(19)15-14(12(17)18)7-5-6-11(2)10-14/h11H,4-10H2,1-3H3,(H,15,19)(H,17,18). The lowest BCUT2D eigenvalue weighted by molar-refractivity contribution is -0.146. The second kappa shape index (κ2) is 7.47. The van der Waals surface area contributed by atoms with Crippen LogP contribution in [0.1, 0.15) is 39.5 Å². The summed E-state index contributed by atoms with van der Waals surface area (Å²) in [4.78, 5) is 25.5. The van der Waals surface area contributed by atoms with Gasteiger partial charge in [0.1, 0.15) is 5.54 Å². The Morgan fingerprint density at radius 3 is 2.70 bits per heavy atom. The molecule has 116 valence electrons. The lowest BCUT2D eigenvalue weighted by Gasteiger charge is -2.38. The van der Waals surface area contributed by atoms with Crippen molar-refractivity contribution in [2.45, 2.75) is 45.1 Å². The zero-order chi connectivity index (χ0) is 15.2. The maximum Gasteiger partial charge on any atom is 0.329 e. The van der Waals surface area contributed by atoms with Crippen LogP contribution in [0.15, 0.2) is 0 Å². The molecule has 0 radical (unpaired) electrons. The Labute approximate surface area is 120 Å². The van der Waals surface area contributed by atoms with Gasteiger partial charge in [0.15, 0.2) is 0 Å². The van der Waals surface area contributed by atoms with Crippen LogP contribution in [0, 0.1) is 5.92 Å². The predicted molar refractivity (Wildman–Crippen MR) is 75.7 cm³/mol. The molecule has 0 spiro atoms. The highest BCUT2D eigenvalue weighted by Crippen LogP contribution is 2.32. The zero-order valence-corrected chi connectivity index (χ0v) is 12.6. The Kier molecular flexibility index (Phi) is 6.26. The van der Waals surface area contributed by atoms with Crippen molar-refractivity contribution in [1.82, 2.24) is 10.2 Å². The smallest absolute Gasteiger partial charge is 0.329 e. The molecular weight excluding hydrogens is 260 g/mol. The summed E-state index contributed by atoms with van der Waals surface area (Å²) in [7, 11) is 1.58. The molecule has 0 saturated heterocycles. The van der Waals surface area contributed by atoms with E-state index in [0.29, 0.717) is 38.5 Å². The zero-order valence-electron chi connectivity index (χ0n) is 12.6. The molecule has 2 unspecified atom stereocenters. The van der Waals surface area contributed by atoms with Crippen LogP contribution in [0.4, 0.5) is 4.79 Å². The second-order valence-electron chi connectivity index (χ2n) is 5.59. The number of nitrogens with one attached hydrogen (secondary N) is 1. The lowest BCUT2D eigenvalue weighted by Crippen LogP contribution is -2.59. The Balaban J connectivity index is 2.74. The number of hydrogen-bond acceptors (Lipinski definition) is 3. The van der Waals surface area contributed by atoms with Gasteiger partial charge in [0.2, 0.25) is 0 Å². The summed E-state index contributed by atoms with van der Waals surface area (Å²) in [6, 6.07) is -0.318. The van der Waals surface area contributed by atoms with Gasteiger partial charge in [-0.25, -0.2) is 9.59 Å². The molecule has 0 bridgehead atoms. The van der Waals surface area contributed by atoms with Crippen molar-refractivity contribution in [2.24, 2.45) is 5.92 Å². The molecule has 0 aromatic heterocycles. The first-order chi connectivity index (χ1) is 9.45. The molecule has 1 fully saturated rings. The molecule has 2 N–H and O–H groups in total. The normalized spacial score (nSPS) is 26.1. The Morgan fingerprint density at radius 2 is 2.20 bits per heavy atom. The van der Waals surface area contributed by atoms with Crippen LogP contribution in [-0.4, -0.2) is 54.4 Å². The number of hydrogen-bond donors (Lipinski definition) is 2. The van der Waals surface area contributed by atoms with E-state index < -0.39 is 11.5 Å². The van der Waals surface area contributed by atoms with Crippen LogP contribution in [-0.2, 0) is 9.53 Å². The van der Waals surface area contributed by atoms with Crippen LogP contribution >= 0.6 is 0 Å². The minimum absolute atomic E-state index is 0.314. The number of carbonyl (C=O) groups excluding carboxylic acids is 1. The van der Waals surface area contributed by atoms with Gasteiger partial charge in [-0.2, -0.15) is 0 Å². The van der Waals surface area contributed by atoms with E-state index in [9.17, 15) is 14.7 Å². The summed E-state index contributed by atoms with van der Waals surface area (Å²) in [5.74, 6) is -0.616. The number of carbonyl (C=O) groups is 2. The van der Waals surface area contributed by atoms with Gasteiger partial charge in [0, 0.05) is 20.2 Å². The number of rotatable bonds is 6. The van der Waals surface area contributed by atoms with Crippen molar-refractivity contribution in [3.63, 3.8) is 0 Å². The molecule has 0 aromatic carbocycles. The van der Waals surface area contributed by atoms with Crippen molar-refractivity contribution < 1.29 is 19.4 Å². The van der Waals surface area contributed by atoms with Gasteiger partial charge in [0.05, 0.1) is 6.61 Å². The molecule has 1 aliphatic rings. The maximum absolute atomic E-state index is 12.3. The molecule has 1 saturated carbocycles. The van der Waals surface area contributed by atoms with Gasteiger partial charge in [-0.3, -0.25) is 0 Å². The predicted octanol–water partition coefficient (Wildman–Crippen LogP) is 1.70. The number of carboxylic acids is 1. The molecular formula is C14H26N2O4. The molecule has 0 heterocycles. The fourth-order valence-corrected chi connectivity index (χ4v) is 2.80. The van der Waals surface area contributed by atoms with Gasteiger partial charge in [0.25, 0.3) is 0 Å². The van der Waals surface area contributed by atoms with Crippen molar-refractivity contribution >= 4 is 12.0 Å². The van der Waals surface area contributed by atoms with Crippen LogP contribution in [0.2, 0.25) is 0 Å². The number of urea groups is 1. The van der Waals surface area contributed by atoms with Gasteiger partial charge in [-0.1, -0.05) is 19.8 Å². The van der Waals surface area contributed by atoms with Crippen LogP contribution in [0.25, 0.3) is 0 Å². The van der Waals surface area contributed by atoms with Crippen LogP contribution in [0.5, 0.6) is 0 Å². The monoisotopic (exact) mass is 286 g/mol. The van der Waals surface area contributed by atoms with E-state index in [-0.39, 0.29) is 6.03 Å². The molecule has 6 nitrogen and oxygen atoms in total. The maximum atomic E-state index is 12.3. The average molecular weight is 286 g/mol. The molecule has 20 heavy (non-hydrogen) atoms. The third kappa shape index (κ3) is 4.10. The van der Waals surface area contributed by atoms with Crippen molar-refractivity contribution in [3.8, 4) is 0 Å². The third-order valence-electron chi connectivity index (χ3n) is 3.99. The summed E-state index contributed by atoms with van der Waals surface area (Å²) < 4.78 is 4.97. The molecule has 1 rings (SSSR count).